The minimum Gasteiger partial charge on any atom is -0.507 e. The second kappa shape index (κ2) is 4.67. The summed E-state index contributed by atoms with van der Waals surface area (Å²) < 4.78 is 62.4. The summed E-state index contributed by atoms with van der Waals surface area (Å²) >= 11 is 3.15. The molecular formula is C16H10BrFO. The first-order valence-corrected chi connectivity index (χ1v) is 6.14. The molecule has 3 rings (SSSR count). The van der Waals surface area contributed by atoms with Crippen LogP contribution in [-0.4, -0.2) is 5.11 Å². The summed E-state index contributed by atoms with van der Waals surface area (Å²) in [4.78, 5) is 0. The summed E-state index contributed by atoms with van der Waals surface area (Å²) in [6.07, 6.45) is 0. The van der Waals surface area contributed by atoms with Gasteiger partial charge in [0.1, 0.15) is 11.6 Å². The highest BCUT2D eigenvalue weighted by molar-refractivity contribution is 9.10. The van der Waals surface area contributed by atoms with E-state index in [0.29, 0.717) is 0 Å². The second-order valence-corrected chi connectivity index (χ2v) is 4.67. The molecule has 0 heterocycles. The second-order valence-electron chi connectivity index (χ2n) is 3.82. The van der Waals surface area contributed by atoms with Crippen LogP contribution in [-0.2, 0) is 0 Å². The van der Waals surface area contributed by atoms with Crippen molar-refractivity contribution < 1.29 is 17.7 Å². The zero-order chi connectivity index (χ0) is 18.6. The fourth-order valence-corrected chi connectivity index (χ4v) is 2.32. The van der Waals surface area contributed by atoms with Gasteiger partial charge >= 0.3 is 0 Å². The van der Waals surface area contributed by atoms with Gasteiger partial charge in [0, 0.05) is 15.6 Å². The third kappa shape index (κ3) is 2.10. The molecule has 0 saturated heterocycles. The van der Waals surface area contributed by atoms with Gasteiger partial charge < -0.3 is 5.11 Å². The van der Waals surface area contributed by atoms with E-state index >= 15 is 0 Å². The van der Waals surface area contributed by atoms with E-state index < -0.39 is 47.8 Å². The van der Waals surface area contributed by atoms with Gasteiger partial charge in [-0.2, -0.15) is 0 Å². The topological polar surface area (TPSA) is 20.2 Å². The Bertz CT molecular complexity index is 1030. The lowest BCUT2D eigenvalue weighted by Gasteiger charge is -2.10. The molecule has 3 aromatic carbocycles. The Morgan fingerprint density at radius 2 is 1.79 bits per heavy atom. The van der Waals surface area contributed by atoms with E-state index in [4.69, 9.17) is 8.22 Å². The van der Waals surface area contributed by atoms with Crippen LogP contribution in [0.4, 0.5) is 4.39 Å². The minimum atomic E-state index is -0.738. The molecule has 0 atom stereocenters. The molecule has 0 aromatic heterocycles. The molecule has 0 unspecified atom stereocenters. The molecule has 3 aromatic rings. The van der Waals surface area contributed by atoms with Gasteiger partial charge in [0.05, 0.1) is 8.22 Å². The summed E-state index contributed by atoms with van der Waals surface area (Å²) in [6.45, 7) is 0. The van der Waals surface area contributed by atoms with Crippen LogP contribution in [0.5, 0.6) is 5.75 Å². The third-order valence-corrected chi connectivity index (χ3v) is 3.29. The zero-order valence-corrected chi connectivity index (χ0v) is 11.0. The number of hydrogen-bond donors (Lipinski definition) is 1. The summed E-state index contributed by atoms with van der Waals surface area (Å²) in [5, 5.41) is 9.90. The summed E-state index contributed by atoms with van der Waals surface area (Å²) in [5.74, 6) is -1.45. The lowest BCUT2D eigenvalue weighted by Crippen LogP contribution is -1.87. The average molecular weight is 323 g/mol. The molecule has 19 heavy (non-hydrogen) atoms. The van der Waals surface area contributed by atoms with Crippen molar-refractivity contribution in [1.82, 2.24) is 0 Å². The lowest BCUT2D eigenvalue weighted by molar-refractivity contribution is 0.477. The lowest BCUT2D eigenvalue weighted by atomic mass is 10.00. The molecular weight excluding hydrogens is 307 g/mol. The molecule has 0 bridgehead atoms. The van der Waals surface area contributed by atoms with Crippen molar-refractivity contribution >= 4 is 26.7 Å². The van der Waals surface area contributed by atoms with Gasteiger partial charge in [-0.15, -0.1) is 0 Å². The Hall–Kier alpha value is -1.87. The molecule has 0 amide bonds. The van der Waals surface area contributed by atoms with Crippen LogP contribution >= 0.6 is 15.9 Å². The standard InChI is InChI=1S/C16H10BrFO/c17-13-6-3-7-14(18)16(13)12-8-10-4-1-2-5-11(10)9-15(12)19/h1-9,19H/i1D,2D,4D,5D,8D,9D. The van der Waals surface area contributed by atoms with Crippen LogP contribution in [0.3, 0.4) is 0 Å². The van der Waals surface area contributed by atoms with Gasteiger partial charge in [-0.3, -0.25) is 0 Å². The van der Waals surface area contributed by atoms with Crippen LogP contribution in [0.2, 0.25) is 0 Å². The summed E-state index contributed by atoms with van der Waals surface area (Å²) in [7, 11) is 0. The Labute approximate surface area is 126 Å². The fourth-order valence-electron chi connectivity index (χ4n) is 1.78. The van der Waals surface area contributed by atoms with Gasteiger partial charge in [0.15, 0.2) is 0 Å². The number of phenols is 1. The smallest absolute Gasteiger partial charge is 0.132 e. The van der Waals surface area contributed by atoms with Crippen molar-refractivity contribution in [2.45, 2.75) is 0 Å². The van der Waals surface area contributed by atoms with Crippen LogP contribution in [0.25, 0.3) is 21.9 Å². The third-order valence-electron chi connectivity index (χ3n) is 2.63. The monoisotopic (exact) mass is 322 g/mol. The van der Waals surface area contributed by atoms with Crippen LogP contribution < -0.4 is 0 Å². The number of halogens is 2. The maximum atomic E-state index is 14.3. The first kappa shape index (κ1) is 7.06. The first-order chi connectivity index (χ1) is 11.7. The van der Waals surface area contributed by atoms with Crippen molar-refractivity contribution in [1.29, 1.82) is 0 Å². The fraction of sp³-hybridized carbons (Fsp3) is 0. The van der Waals surface area contributed by atoms with E-state index in [1.807, 2.05) is 0 Å². The Kier molecular flexibility index (Phi) is 1.73. The van der Waals surface area contributed by atoms with Crippen LogP contribution in [0, 0.1) is 5.82 Å². The quantitative estimate of drug-likeness (QED) is 0.659. The predicted octanol–water partition coefficient (Wildman–Crippen LogP) is 5.11. The molecule has 3 heteroatoms. The van der Waals surface area contributed by atoms with Crippen molar-refractivity contribution in [3.63, 3.8) is 0 Å². The van der Waals surface area contributed by atoms with E-state index in [-0.39, 0.29) is 26.4 Å². The normalized spacial score (nSPS) is 15.3. The first-order valence-electron chi connectivity index (χ1n) is 8.35. The molecule has 0 fully saturated rings. The highest BCUT2D eigenvalue weighted by Gasteiger charge is 2.13. The number of phenolic OH excluding ortho intramolecular Hbond substituents is 1. The van der Waals surface area contributed by atoms with E-state index in [1.54, 1.807) is 0 Å². The molecule has 0 radical (unpaired) electrons. The minimum absolute atomic E-state index is 0.146. The molecule has 0 aliphatic carbocycles. The molecule has 1 nitrogen and oxygen atoms in total. The van der Waals surface area contributed by atoms with Gasteiger partial charge in [0.25, 0.3) is 0 Å². The maximum Gasteiger partial charge on any atom is 0.132 e. The molecule has 0 aliphatic heterocycles. The Morgan fingerprint density at radius 1 is 1.11 bits per heavy atom. The summed E-state index contributed by atoms with van der Waals surface area (Å²) in [5.41, 5.74) is -0.444. The number of hydrogen-bond acceptors (Lipinski definition) is 1. The van der Waals surface area contributed by atoms with Crippen molar-refractivity contribution in [2.75, 3.05) is 0 Å². The SMILES string of the molecule is [2H]c1c([2H])c([2H])c2c([2H])c(-c3c(F)cccc3Br)c(O)c([2H])c2c1[2H]. The Balaban J connectivity index is 2.62. The van der Waals surface area contributed by atoms with E-state index in [2.05, 4.69) is 15.9 Å². The van der Waals surface area contributed by atoms with Crippen LogP contribution in [0.1, 0.15) is 8.22 Å². The number of benzene rings is 3. The van der Waals surface area contributed by atoms with Crippen molar-refractivity contribution in [3.8, 4) is 16.9 Å². The van der Waals surface area contributed by atoms with Gasteiger partial charge in [-0.25, -0.2) is 4.39 Å². The van der Waals surface area contributed by atoms with Crippen molar-refractivity contribution in [3.05, 3.63) is 64.7 Å². The number of rotatable bonds is 1. The highest BCUT2D eigenvalue weighted by Crippen LogP contribution is 2.38. The molecule has 94 valence electrons. The highest BCUT2D eigenvalue weighted by atomic mass is 79.9. The van der Waals surface area contributed by atoms with Gasteiger partial charge in [0.2, 0.25) is 0 Å². The van der Waals surface area contributed by atoms with Crippen LogP contribution in [0.15, 0.2) is 58.9 Å². The van der Waals surface area contributed by atoms with E-state index in [0.717, 1.165) is 6.07 Å². The zero-order valence-electron chi connectivity index (χ0n) is 15.4. The van der Waals surface area contributed by atoms with Gasteiger partial charge in [-0.1, -0.05) is 46.2 Å². The molecule has 1 N–H and O–H groups in total. The van der Waals surface area contributed by atoms with Gasteiger partial charge in [-0.05, 0) is 35.0 Å². The summed E-state index contributed by atoms with van der Waals surface area (Å²) in [6, 6.07) is 0.854. The van der Waals surface area contributed by atoms with Crippen molar-refractivity contribution in [2.24, 2.45) is 0 Å². The number of fused-ring (bicyclic) bond motifs is 1. The van der Waals surface area contributed by atoms with E-state index in [9.17, 15) is 9.50 Å². The predicted molar refractivity (Wildman–Crippen MR) is 78.7 cm³/mol. The molecule has 0 aliphatic rings. The largest absolute Gasteiger partial charge is 0.507 e. The molecule has 0 saturated carbocycles. The molecule has 0 spiro atoms. The average Bonchev–Trinajstić information content (AvgIpc) is 2.56. The van der Waals surface area contributed by atoms with E-state index in [1.165, 1.54) is 12.1 Å². The Morgan fingerprint density at radius 3 is 2.47 bits per heavy atom. The number of aromatic hydroxyl groups is 1. The maximum absolute atomic E-state index is 14.3.